The summed E-state index contributed by atoms with van der Waals surface area (Å²) in [5.74, 6) is -0.613. The van der Waals surface area contributed by atoms with Gasteiger partial charge in [0.1, 0.15) is 5.69 Å². The zero-order chi connectivity index (χ0) is 20.1. The summed E-state index contributed by atoms with van der Waals surface area (Å²) in [5, 5.41) is 10.6. The molecule has 6 nitrogen and oxygen atoms in total. The Morgan fingerprint density at radius 2 is 1.75 bits per heavy atom. The van der Waals surface area contributed by atoms with Gasteiger partial charge in [-0.15, -0.1) is 0 Å². The van der Waals surface area contributed by atoms with Crippen LogP contribution in [0.5, 0.6) is 0 Å². The number of para-hydroxylation sites is 1. The van der Waals surface area contributed by atoms with Crippen LogP contribution in [-0.4, -0.2) is 34.2 Å². The summed E-state index contributed by atoms with van der Waals surface area (Å²) in [7, 11) is 0. The minimum atomic E-state index is -0.369. The van der Waals surface area contributed by atoms with Crippen molar-refractivity contribution in [2.75, 3.05) is 6.54 Å². The minimum Gasteiger partial charge on any atom is -0.352 e. The smallest absolute Gasteiger partial charge is 0.255 e. The monoisotopic (exact) mass is 396 g/mol. The first-order valence-corrected chi connectivity index (χ1v) is 9.30. The number of hydrogen-bond acceptors (Lipinski definition) is 3. The predicted octanol–water partition coefficient (Wildman–Crippen LogP) is 3.45. The van der Waals surface area contributed by atoms with Crippen LogP contribution in [0.1, 0.15) is 24.2 Å². The highest BCUT2D eigenvalue weighted by molar-refractivity contribution is 6.30. The third kappa shape index (κ3) is 4.78. The first-order chi connectivity index (χ1) is 13.4. The number of amides is 2. The van der Waals surface area contributed by atoms with Gasteiger partial charge in [0.2, 0.25) is 5.91 Å². The van der Waals surface area contributed by atoms with E-state index in [2.05, 4.69) is 15.7 Å². The van der Waals surface area contributed by atoms with Crippen molar-refractivity contribution in [2.24, 2.45) is 0 Å². The van der Waals surface area contributed by atoms with Gasteiger partial charge in [0, 0.05) is 22.8 Å². The zero-order valence-electron chi connectivity index (χ0n) is 15.6. The summed E-state index contributed by atoms with van der Waals surface area (Å²) in [6, 6.07) is 16.6. The molecule has 0 bridgehead atoms. The third-order valence-corrected chi connectivity index (χ3v) is 4.21. The van der Waals surface area contributed by atoms with E-state index < -0.39 is 0 Å². The summed E-state index contributed by atoms with van der Waals surface area (Å²) in [4.78, 5) is 24.6. The third-order valence-electron chi connectivity index (χ3n) is 3.96. The molecular formula is C21H21ClN4O2. The van der Waals surface area contributed by atoms with Crippen LogP contribution in [0.2, 0.25) is 5.02 Å². The lowest BCUT2D eigenvalue weighted by Gasteiger charge is -2.09. The lowest BCUT2D eigenvalue weighted by molar-refractivity contribution is -0.120. The van der Waals surface area contributed by atoms with Crippen molar-refractivity contribution in [3.8, 4) is 16.9 Å². The van der Waals surface area contributed by atoms with Crippen molar-refractivity contribution in [1.29, 1.82) is 0 Å². The van der Waals surface area contributed by atoms with E-state index in [0.717, 1.165) is 11.3 Å². The van der Waals surface area contributed by atoms with Crippen LogP contribution in [-0.2, 0) is 4.79 Å². The maximum Gasteiger partial charge on any atom is 0.255 e. The van der Waals surface area contributed by atoms with E-state index in [1.165, 1.54) is 0 Å². The van der Waals surface area contributed by atoms with Crippen LogP contribution in [0.25, 0.3) is 16.9 Å². The fraction of sp³-hybridized carbons (Fsp3) is 0.190. The molecule has 0 unspecified atom stereocenters. The fourth-order valence-corrected chi connectivity index (χ4v) is 2.83. The molecule has 0 spiro atoms. The molecule has 0 aliphatic rings. The molecule has 1 heterocycles. The SMILES string of the molecule is CC(C)NC(=O)CNC(=O)c1cn(-c2ccccc2)nc1-c1ccc(Cl)cc1. The van der Waals surface area contributed by atoms with Crippen molar-refractivity contribution >= 4 is 23.4 Å². The number of aromatic nitrogens is 2. The number of carbonyl (C=O) groups excluding carboxylic acids is 2. The molecule has 3 rings (SSSR count). The number of rotatable bonds is 6. The maximum atomic E-state index is 12.8. The Kier molecular flexibility index (Phi) is 6.11. The van der Waals surface area contributed by atoms with Crippen molar-refractivity contribution in [3.05, 3.63) is 71.4 Å². The highest BCUT2D eigenvalue weighted by Crippen LogP contribution is 2.25. The van der Waals surface area contributed by atoms with E-state index >= 15 is 0 Å². The van der Waals surface area contributed by atoms with Gasteiger partial charge in [0.25, 0.3) is 5.91 Å². The Hall–Kier alpha value is -3.12. The van der Waals surface area contributed by atoms with Crippen LogP contribution in [0.15, 0.2) is 60.8 Å². The Balaban J connectivity index is 1.91. The Labute approximate surface area is 168 Å². The molecular weight excluding hydrogens is 376 g/mol. The topological polar surface area (TPSA) is 76.0 Å². The highest BCUT2D eigenvalue weighted by Gasteiger charge is 2.19. The van der Waals surface area contributed by atoms with Gasteiger partial charge in [0.15, 0.2) is 0 Å². The molecule has 0 aliphatic heterocycles. The number of benzene rings is 2. The van der Waals surface area contributed by atoms with Crippen LogP contribution in [0, 0.1) is 0 Å². The predicted molar refractivity (Wildman–Crippen MR) is 110 cm³/mol. The first-order valence-electron chi connectivity index (χ1n) is 8.92. The Morgan fingerprint density at radius 3 is 2.39 bits per heavy atom. The van der Waals surface area contributed by atoms with E-state index in [-0.39, 0.29) is 24.4 Å². The molecule has 7 heteroatoms. The average Bonchev–Trinajstić information content (AvgIpc) is 3.12. The summed E-state index contributed by atoms with van der Waals surface area (Å²) < 4.78 is 1.65. The first kappa shape index (κ1) is 19.6. The van der Waals surface area contributed by atoms with Gasteiger partial charge in [0.05, 0.1) is 17.8 Å². The molecule has 2 N–H and O–H groups in total. The van der Waals surface area contributed by atoms with Crippen molar-refractivity contribution in [1.82, 2.24) is 20.4 Å². The molecule has 1 aromatic heterocycles. The normalized spacial score (nSPS) is 10.7. The van der Waals surface area contributed by atoms with Gasteiger partial charge >= 0.3 is 0 Å². The molecule has 2 amide bonds. The van der Waals surface area contributed by atoms with Gasteiger partial charge in [-0.05, 0) is 38.1 Å². The fourth-order valence-electron chi connectivity index (χ4n) is 2.70. The van der Waals surface area contributed by atoms with Gasteiger partial charge in [-0.1, -0.05) is 41.9 Å². The van der Waals surface area contributed by atoms with Gasteiger partial charge in [-0.3, -0.25) is 9.59 Å². The quantitative estimate of drug-likeness (QED) is 0.670. The lowest BCUT2D eigenvalue weighted by Crippen LogP contribution is -2.39. The number of carbonyl (C=O) groups is 2. The molecule has 0 saturated carbocycles. The summed E-state index contributed by atoms with van der Waals surface area (Å²) in [6.07, 6.45) is 1.66. The zero-order valence-corrected chi connectivity index (χ0v) is 16.4. The molecule has 144 valence electrons. The van der Waals surface area contributed by atoms with E-state index in [4.69, 9.17) is 11.6 Å². The standard InChI is InChI=1S/C21H21ClN4O2/c1-14(2)24-19(27)12-23-21(28)18-13-26(17-6-4-3-5-7-17)25-20(18)15-8-10-16(22)11-9-15/h3-11,13-14H,12H2,1-2H3,(H,23,28)(H,24,27). The highest BCUT2D eigenvalue weighted by atomic mass is 35.5. The second-order valence-electron chi connectivity index (χ2n) is 6.58. The van der Waals surface area contributed by atoms with Gasteiger partial charge in [-0.2, -0.15) is 5.10 Å². The van der Waals surface area contributed by atoms with Crippen molar-refractivity contribution in [2.45, 2.75) is 19.9 Å². The Bertz CT molecular complexity index is 966. The largest absolute Gasteiger partial charge is 0.352 e. The second-order valence-corrected chi connectivity index (χ2v) is 7.02. The lowest BCUT2D eigenvalue weighted by atomic mass is 10.1. The van der Waals surface area contributed by atoms with Gasteiger partial charge < -0.3 is 10.6 Å². The van der Waals surface area contributed by atoms with Crippen molar-refractivity contribution < 1.29 is 9.59 Å². The molecule has 0 radical (unpaired) electrons. The average molecular weight is 397 g/mol. The summed E-state index contributed by atoms with van der Waals surface area (Å²) in [5.41, 5.74) is 2.48. The molecule has 0 saturated heterocycles. The maximum absolute atomic E-state index is 12.8. The molecule has 0 aliphatic carbocycles. The second kappa shape index (κ2) is 8.71. The van der Waals surface area contributed by atoms with Crippen LogP contribution in [0.4, 0.5) is 0 Å². The summed E-state index contributed by atoms with van der Waals surface area (Å²) in [6.45, 7) is 3.62. The summed E-state index contributed by atoms with van der Waals surface area (Å²) >= 11 is 5.98. The van der Waals surface area contributed by atoms with Crippen LogP contribution < -0.4 is 10.6 Å². The molecule has 3 aromatic rings. The van der Waals surface area contributed by atoms with Crippen molar-refractivity contribution in [3.63, 3.8) is 0 Å². The molecule has 28 heavy (non-hydrogen) atoms. The van der Waals surface area contributed by atoms with Crippen LogP contribution in [0.3, 0.4) is 0 Å². The van der Waals surface area contributed by atoms with E-state index in [1.54, 1.807) is 23.0 Å². The molecule has 0 fully saturated rings. The van der Waals surface area contributed by atoms with E-state index in [1.807, 2.05) is 56.3 Å². The number of hydrogen-bond donors (Lipinski definition) is 2. The molecule has 0 atom stereocenters. The molecule has 2 aromatic carbocycles. The van der Waals surface area contributed by atoms with Gasteiger partial charge in [-0.25, -0.2) is 4.68 Å². The number of halogens is 1. The van der Waals surface area contributed by atoms with E-state index in [9.17, 15) is 9.59 Å². The number of nitrogens with one attached hydrogen (secondary N) is 2. The van der Waals surface area contributed by atoms with Crippen LogP contribution >= 0.6 is 11.6 Å². The number of nitrogens with zero attached hydrogens (tertiary/aromatic N) is 2. The Morgan fingerprint density at radius 1 is 1.07 bits per heavy atom. The van der Waals surface area contributed by atoms with E-state index in [0.29, 0.717) is 16.3 Å². The minimum absolute atomic E-state index is 0.00913.